The Kier molecular flexibility index (Phi) is 7.15. The summed E-state index contributed by atoms with van der Waals surface area (Å²) in [5, 5.41) is 9.99. The maximum Gasteiger partial charge on any atom is 0.470 e. The third-order valence-corrected chi connectivity index (χ3v) is 6.48. The molecule has 0 amide bonds. The highest BCUT2D eigenvalue weighted by molar-refractivity contribution is 7.46. The van der Waals surface area contributed by atoms with Gasteiger partial charge in [0, 0.05) is 5.92 Å². The van der Waals surface area contributed by atoms with Crippen molar-refractivity contribution < 1.29 is 42.9 Å². The van der Waals surface area contributed by atoms with Crippen LogP contribution in [0.3, 0.4) is 0 Å². The Bertz CT molecular complexity index is 521. The van der Waals surface area contributed by atoms with Crippen LogP contribution in [-0.2, 0) is 18.2 Å². The zero-order valence-corrected chi connectivity index (χ0v) is 16.8. The average Bonchev–Trinajstić information content (AvgIpc) is 3.37. The van der Waals surface area contributed by atoms with Crippen LogP contribution in [0.15, 0.2) is 0 Å². The van der Waals surface area contributed by atoms with Crippen molar-refractivity contribution in [3.8, 4) is 0 Å². The third kappa shape index (κ3) is 6.66. The molecule has 0 aromatic rings. The predicted octanol–water partition coefficient (Wildman–Crippen LogP) is 2.61. The van der Waals surface area contributed by atoms with Crippen LogP contribution >= 0.6 is 15.6 Å². The number of unbranched alkanes of at least 4 members (excludes halogenated alkanes) is 1. The summed E-state index contributed by atoms with van der Waals surface area (Å²) in [5.74, 6) is -0.534. The van der Waals surface area contributed by atoms with Crippen LogP contribution in [0.4, 0.5) is 0 Å². The Balaban J connectivity index is 2.06. The molecule has 0 aromatic carbocycles. The molecular weight excluding hydrogens is 386 g/mol. The van der Waals surface area contributed by atoms with E-state index in [1.165, 1.54) is 0 Å². The summed E-state index contributed by atoms with van der Waals surface area (Å²) in [4.78, 5) is 36.9. The van der Waals surface area contributed by atoms with Crippen LogP contribution in [-0.4, -0.2) is 42.0 Å². The van der Waals surface area contributed by atoms with Gasteiger partial charge in [0.2, 0.25) is 0 Å². The summed E-state index contributed by atoms with van der Waals surface area (Å²) < 4.78 is 32.8. The minimum absolute atomic E-state index is 0.410. The fraction of sp³-hybridized carbons (Fsp3) is 1.00. The van der Waals surface area contributed by atoms with E-state index in [0.29, 0.717) is 51.4 Å². The minimum Gasteiger partial charge on any atom is -0.393 e. The summed E-state index contributed by atoms with van der Waals surface area (Å²) in [6, 6.07) is 0. The molecule has 26 heavy (non-hydrogen) atoms. The van der Waals surface area contributed by atoms with E-state index >= 15 is 0 Å². The lowest BCUT2D eigenvalue weighted by Gasteiger charge is -2.34. The molecule has 0 bridgehead atoms. The van der Waals surface area contributed by atoms with E-state index in [2.05, 4.69) is 0 Å². The van der Waals surface area contributed by atoms with Crippen molar-refractivity contribution in [2.75, 3.05) is 0 Å². The Morgan fingerprint density at radius 3 is 1.62 bits per heavy atom. The molecule has 0 spiro atoms. The Hall–Kier alpha value is 0.180. The molecule has 2 saturated carbocycles. The van der Waals surface area contributed by atoms with Gasteiger partial charge in [0.25, 0.3) is 0 Å². The molecule has 154 valence electrons. The second kappa shape index (κ2) is 8.27. The van der Waals surface area contributed by atoms with E-state index in [1.54, 1.807) is 0 Å². The van der Waals surface area contributed by atoms with Crippen molar-refractivity contribution in [2.24, 2.45) is 5.92 Å². The minimum atomic E-state index is -4.74. The van der Waals surface area contributed by atoms with Crippen molar-refractivity contribution in [3.63, 3.8) is 0 Å². The largest absolute Gasteiger partial charge is 0.470 e. The van der Waals surface area contributed by atoms with Gasteiger partial charge in [-0.15, -0.1) is 0 Å². The van der Waals surface area contributed by atoms with E-state index < -0.39 is 38.9 Å². The average molecular weight is 416 g/mol. The van der Waals surface area contributed by atoms with Gasteiger partial charge in [0.15, 0.2) is 0 Å². The summed E-state index contributed by atoms with van der Waals surface area (Å²) in [5.41, 5.74) is -2.22. The highest BCUT2D eigenvalue weighted by Gasteiger charge is 2.66. The molecule has 5 N–H and O–H groups in total. The number of aliphatic hydroxyl groups excluding tert-OH is 1. The van der Waals surface area contributed by atoms with Crippen molar-refractivity contribution in [3.05, 3.63) is 0 Å². The highest BCUT2D eigenvalue weighted by atomic mass is 31.2. The lowest BCUT2D eigenvalue weighted by molar-refractivity contribution is -0.0237. The third-order valence-electron chi connectivity index (χ3n) is 5.28. The summed E-state index contributed by atoms with van der Waals surface area (Å²) in [6.07, 6.45) is 5.29. The quantitative estimate of drug-likeness (QED) is 0.285. The standard InChI is InChI=1S/C15H30O9P2/c1-2-3-5-12(16)6-4-7-13(14(8-9-14)23-25(17,18)19)15(10-11-15)24-26(20,21)22/h12-13,16H,2-11H2,1H3,(H2,17,18,19)(H2,20,21,22). The fourth-order valence-corrected chi connectivity index (χ4v) is 5.44. The zero-order chi connectivity index (χ0) is 19.6. The van der Waals surface area contributed by atoms with Gasteiger partial charge in [-0.05, 0) is 44.9 Å². The molecule has 0 saturated heterocycles. The van der Waals surface area contributed by atoms with Gasteiger partial charge < -0.3 is 24.7 Å². The fourth-order valence-electron chi connectivity index (χ4n) is 3.87. The molecule has 0 radical (unpaired) electrons. The molecular formula is C15H30O9P2. The lowest BCUT2D eigenvalue weighted by Crippen LogP contribution is -2.38. The maximum absolute atomic E-state index is 11.4. The Labute approximate surface area is 153 Å². The second-order valence-electron chi connectivity index (χ2n) is 7.57. The SMILES string of the molecule is CCCCC(O)CCCC(C1(OP(=O)(O)O)CC1)C1(OP(=O)(O)O)CC1. The normalized spacial score (nSPS) is 22.4. The van der Waals surface area contributed by atoms with E-state index in [-0.39, 0.29) is 0 Å². The van der Waals surface area contributed by atoms with Gasteiger partial charge in [-0.25, -0.2) is 9.13 Å². The molecule has 2 rings (SSSR count). The van der Waals surface area contributed by atoms with Gasteiger partial charge in [0.1, 0.15) is 0 Å². The molecule has 0 aliphatic heterocycles. The van der Waals surface area contributed by atoms with Gasteiger partial charge in [-0.1, -0.05) is 26.2 Å². The molecule has 11 heteroatoms. The van der Waals surface area contributed by atoms with Crippen LogP contribution in [0.25, 0.3) is 0 Å². The lowest BCUT2D eigenvalue weighted by atomic mass is 9.86. The highest BCUT2D eigenvalue weighted by Crippen LogP contribution is 2.67. The van der Waals surface area contributed by atoms with Crippen LogP contribution in [0.5, 0.6) is 0 Å². The van der Waals surface area contributed by atoms with Gasteiger partial charge in [-0.3, -0.25) is 9.05 Å². The predicted molar refractivity (Wildman–Crippen MR) is 93.1 cm³/mol. The molecule has 1 unspecified atom stereocenters. The topological polar surface area (TPSA) is 154 Å². The molecule has 0 aromatic heterocycles. The molecule has 2 aliphatic rings. The van der Waals surface area contributed by atoms with E-state index in [9.17, 15) is 33.8 Å². The second-order valence-corrected chi connectivity index (χ2v) is 9.90. The van der Waals surface area contributed by atoms with E-state index in [4.69, 9.17) is 9.05 Å². The Morgan fingerprint density at radius 1 is 0.846 bits per heavy atom. The van der Waals surface area contributed by atoms with Crippen molar-refractivity contribution in [2.45, 2.75) is 88.4 Å². The monoisotopic (exact) mass is 416 g/mol. The smallest absolute Gasteiger partial charge is 0.393 e. The maximum atomic E-state index is 11.4. The first-order valence-electron chi connectivity index (χ1n) is 9.12. The number of rotatable bonds is 13. The number of aliphatic hydroxyl groups is 1. The van der Waals surface area contributed by atoms with Gasteiger partial charge in [-0.2, -0.15) is 0 Å². The number of phosphoric acid groups is 2. The van der Waals surface area contributed by atoms with E-state index in [0.717, 1.165) is 12.8 Å². The van der Waals surface area contributed by atoms with Crippen LogP contribution in [0, 0.1) is 5.92 Å². The first-order valence-corrected chi connectivity index (χ1v) is 12.2. The first kappa shape index (κ1) is 22.5. The van der Waals surface area contributed by atoms with Crippen molar-refractivity contribution in [1.82, 2.24) is 0 Å². The van der Waals surface area contributed by atoms with E-state index in [1.807, 2.05) is 6.92 Å². The number of hydrogen-bond acceptors (Lipinski definition) is 5. The van der Waals surface area contributed by atoms with Gasteiger partial charge >= 0.3 is 15.6 Å². The van der Waals surface area contributed by atoms with Gasteiger partial charge in [0.05, 0.1) is 17.3 Å². The zero-order valence-electron chi connectivity index (χ0n) is 15.0. The van der Waals surface area contributed by atoms with Crippen molar-refractivity contribution >= 4 is 15.6 Å². The molecule has 2 fully saturated rings. The first-order chi connectivity index (χ1) is 11.9. The Morgan fingerprint density at radius 2 is 1.27 bits per heavy atom. The molecule has 1 atom stereocenters. The summed E-state index contributed by atoms with van der Waals surface area (Å²) in [6.45, 7) is 2.04. The van der Waals surface area contributed by atoms with Crippen molar-refractivity contribution in [1.29, 1.82) is 0 Å². The number of hydrogen-bond donors (Lipinski definition) is 5. The summed E-state index contributed by atoms with van der Waals surface area (Å²) >= 11 is 0. The number of phosphoric ester groups is 2. The molecule has 0 heterocycles. The van der Waals surface area contributed by atoms with Crippen LogP contribution in [0.2, 0.25) is 0 Å². The molecule has 2 aliphatic carbocycles. The van der Waals surface area contributed by atoms with Crippen LogP contribution < -0.4 is 0 Å². The summed E-state index contributed by atoms with van der Waals surface area (Å²) in [7, 11) is -9.47. The molecule has 9 nitrogen and oxygen atoms in total. The van der Waals surface area contributed by atoms with Crippen LogP contribution in [0.1, 0.15) is 71.1 Å².